The fraction of sp³-hybridized carbons (Fsp3) is 0.500. The van der Waals surface area contributed by atoms with Crippen molar-refractivity contribution in [1.82, 2.24) is 5.32 Å². The number of rotatable bonds is 2. The Morgan fingerprint density at radius 3 is 2.92 bits per heavy atom. The monoisotopic (exact) mass is 185 g/mol. The Labute approximate surface area is 75.7 Å². The number of nitrogens with one attached hydrogen (secondary N) is 1. The van der Waals surface area contributed by atoms with E-state index in [0.29, 0.717) is 0 Å². The lowest BCUT2D eigenvalue weighted by Crippen LogP contribution is -2.39. The highest BCUT2D eigenvalue weighted by molar-refractivity contribution is 5.85. The molecular weight excluding hydrogens is 174 g/mol. The summed E-state index contributed by atoms with van der Waals surface area (Å²) in [6.45, 7) is 1.78. The molecule has 1 heterocycles. The van der Waals surface area contributed by atoms with E-state index < -0.39 is 24.2 Å². The van der Waals surface area contributed by atoms with Crippen LogP contribution in [0.25, 0.3) is 0 Å². The number of esters is 1. The SMILES string of the molecule is C/C=C/C1OC(=O)NC1C(=O)OC. The standard InChI is InChI=1S/C8H11NO4/c1-3-4-5-6(7(10)12-2)9-8(11)13-5/h3-6H,1-2H3,(H,9,11)/b4-3+. The van der Waals surface area contributed by atoms with Gasteiger partial charge in [-0.05, 0) is 13.0 Å². The first kappa shape index (κ1) is 9.57. The third-order valence-electron chi connectivity index (χ3n) is 1.68. The summed E-state index contributed by atoms with van der Waals surface area (Å²) in [5.41, 5.74) is 0. The molecule has 2 atom stereocenters. The van der Waals surface area contributed by atoms with Crippen molar-refractivity contribution in [2.45, 2.75) is 19.1 Å². The summed E-state index contributed by atoms with van der Waals surface area (Å²) in [5.74, 6) is -0.506. The van der Waals surface area contributed by atoms with Crippen LogP contribution < -0.4 is 5.32 Å². The van der Waals surface area contributed by atoms with Gasteiger partial charge in [-0.1, -0.05) is 6.08 Å². The molecule has 0 spiro atoms. The van der Waals surface area contributed by atoms with Crippen LogP contribution in [0.1, 0.15) is 6.92 Å². The van der Waals surface area contributed by atoms with E-state index in [9.17, 15) is 9.59 Å². The van der Waals surface area contributed by atoms with Crippen molar-refractivity contribution in [1.29, 1.82) is 0 Å². The predicted molar refractivity (Wildman–Crippen MR) is 44.0 cm³/mol. The summed E-state index contributed by atoms with van der Waals surface area (Å²) in [7, 11) is 1.26. The van der Waals surface area contributed by atoms with E-state index in [1.54, 1.807) is 19.1 Å². The second-order valence-electron chi connectivity index (χ2n) is 2.54. The fourth-order valence-corrected chi connectivity index (χ4v) is 1.09. The van der Waals surface area contributed by atoms with Crippen LogP contribution in [-0.4, -0.2) is 31.3 Å². The molecule has 72 valence electrons. The van der Waals surface area contributed by atoms with Crippen LogP contribution in [0.3, 0.4) is 0 Å². The van der Waals surface area contributed by atoms with Gasteiger partial charge in [0.1, 0.15) is 0 Å². The van der Waals surface area contributed by atoms with Crippen molar-refractivity contribution in [3.63, 3.8) is 0 Å². The molecule has 1 N–H and O–H groups in total. The quantitative estimate of drug-likeness (QED) is 0.493. The van der Waals surface area contributed by atoms with Gasteiger partial charge in [-0.15, -0.1) is 0 Å². The van der Waals surface area contributed by atoms with E-state index in [4.69, 9.17) is 4.74 Å². The van der Waals surface area contributed by atoms with Crippen molar-refractivity contribution in [2.75, 3.05) is 7.11 Å². The van der Waals surface area contributed by atoms with Gasteiger partial charge in [0.15, 0.2) is 12.1 Å². The largest absolute Gasteiger partial charge is 0.467 e. The van der Waals surface area contributed by atoms with Crippen molar-refractivity contribution < 1.29 is 19.1 Å². The summed E-state index contributed by atoms with van der Waals surface area (Å²) in [6, 6.07) is -0.728. The van der Waals surface area contributed by atoms with Gasteiger partial charge < -0.3 is 14.8 Å². The summed E-state index contributed by atoms with van der Waals surface area (Å²) < 4.78 is 9.29. The van der Waals surface area contributed by atoms with E-state index in [2.05, 4.69) is 10.1 Å². The summed E-state index contributed by atoms with van der Waals surface area (Å²) in [6.07, 6.45) is 2.17. The fourth-order valence-electron chi connectivity index (χ4n) is 1.09. The number of alkyl carbamates (subject to hydrolysis) is 1. The molecule has 1 rings (SSSR count). The predicted octanol–water partition coefficient (Wildman–Crippen LogP) is 0.212. The molecule has 1 amide bonds. The van der Waals surface area contributed by atoms with Gasteiger partial charge in [0.25, 0.3) is 0 Å². The molecule has 0 aromatic carbocycles. The molecular formula is C8H11NO4. The third-order valence-corrected chi connectivity index (χ3v) is 1.68. The summed E-state index contributed by atoms with van der Waals surface area (Å²) in [5, 5.41) is 2.35. The Morgan fingerprint density at radius 1 is 1.69 bits per heavy atom. The van der Waals surface area contributed by atoms with Crippen LogP contribution in [0.15, 0.2) is 12.2 Å². The first-order valence-corrected chi connectivity index (χ1v) is 3.87. The number of ether oxygens (including phenoxy) is 2. The van der Waals surface area contributed by atoms with Crippen LogP contribution >= 0.6 is 0 Å². The number of carbonyl (C=O) groups excluding carboxylic acids is 2. The second-order valence-corrected chi connectivity index (χ2v) is 2.54. The van der Waals surface area contributed by atoms with Gasteiger partial charge in [-0.2, -0.15) is 0 Å². The van der Waals surface area contributed by atoms with E-state index in [1.165, 1.54) is 7.11 Å². The normalized spacial score (nSPS) is 27.1. The molecule has 1 saturated heterocycles. The minimum absolute atomic E-state index is 0.506. The maximum absolute atomic E-state index is 11.1. The summed E-state index contributed by atoms with van der Waals surface area (Å²) in [4.78, 5) is 21.9. The van der Waals surface area contributed by atoms with Crippen molar-refractivity contribution in [3.05, 3.63) is 12.2 Å². The van der Waals surface area contributed by atoms with Crippen LogP contribution in [0.2, 0.25) is 0 Å². The maximum Gasteiger partial charge on any atom is 0.408 e. The number of cyclic esters (lactones) is 1. The van der Waals surface area contributed by atoms with Crippen LogP contribution in [0.4, 0.5) is 4.79 Å². The Kier molecular flexibility index (Phi) is 2.89. The Hall–Kier alpha value is -1.52. The lowest BCUT2D eigenvalue weighted by Gasteiger charge is -2.09. The first-order valence-electron chi connectivity index (χ1n) is 3.87. The zero-order valence-corrected chi connectivity index (χ0v) is 7.44. The van der Waals surface area contributed by atoms with Gasteiger partial charge >= 0.3 is 12.1 Å². The Bertz CT molecular complexity index is 249. The molecule has 0 aromatic heterocycles. The zero-order valence-electron chi connectivity index (χ0n) is 7.44. The van der Waals surface area contributed by atoms with Gasteiger partial charge in [-0.3, -0.25) is 0 Å². The van der Waals surface area contributed by atoms with Crippen molar-refractivity contribution in [3.8, 4) is 0 Å². The number of hydrogen-bond acceptors (Lipinski definition) is 4. The number of hydrogen-bond donors (Lipinski definition) is 1. The highest BCUT2D eigenvalue weighted by atomic mass is 16.6. The van der Waals surface area contributed by atoms with E-state index in [0.717, 1.165) is 0 Å². The van der Waals surface area contributed by atoms with Crippen LogP contribution in [-0.2, 0) is 14.3 Å². The first-order chi connectivity index (χ1) is 6.19. The molecule has 0 radical (unpaired) electrons. The Morgan fingerprint density at radius 2 is 2.38 bits per heavy atom. The zero-order chi connectivity index (χ0) is 9.84. The van der Waals surface area contributed by atoms with Gasteiger partial charge in [0.05, 0.1) is 7.11 Å². The number of amides is 1. The molecule has 1 fully saturated rings. The molecule has 0 aliphatic carbocycles. The van der Waals surface area contributed by atoms with Crippen molar-refractivity contribution in [2.24, 2.45) is 0 Å². The van der Waals surface area contributed by atoms with Crippen LogP contribution in [0, 0.1) is 0 Å². The molecule has 0 saturated carbocycles. The molecule has 2 unspecified atom stereocenters. The second kappa shape index (κ2) is 3.93. The van der Waals surface area contributed by atoms with Crippen LogP contribution in [0.5, 0.6) is 0 Å². The lowest BCUT2D eigenvalue weighted by molar-refractivity contribution is -0.143. The minimum atomic E-state index is -0.728. The number of allylic oxidation sites excluding steroid dienone is 1. The third kappa shape index (κ3) is 1.99. The topological polar surface area (TPSA) is 64.6 Å². The van der Waals surface area contributed by atoms with E-state index in [-0.39, 0.29) is 0 Å². The van der Waals surface area contributed by atoms with E-state index in [1.807, 2.05) is 0 Å². The van der Waals surface area contributed by atoms with Gasteiger partial charge in [-0.25, -0.2) is 9.59 Å². The molecule has 5 heteroatoms. The molecule has 1 aliphatic heterocycles. The number of carbonyl (C=O) groups is 2. The highest BCUT2D eigenvalue weighted by Gasteiger charge is 2.38. The average Bonchev–Trinajstić information content (AvgIpc) is 2.46. The molecule has 5 nitrogen and oxygen atoms in total. The minimum Gasteiger partial charge on any atom is -0.467 e. The molecule has 13 heavy (non-hydrogen) atoms. The van der Waals surface area contributed by atoms with Gasteiger partial charge in [0.2, 0.25) is 0 Å². The van der Waals surface area contributed by atoms with E-state index >= 15 is 0 Å². The average molecular weight is 185 g/mol. The number of methoxy groups -OCH3 is 1. The Balaban J connectivity index is 2.71. The smallest absolute Gasteiger partial charge is 0.408 e. The molecule has 0 aromatic rings. The van der Waals surface area contributed by atoms with Crippen molar-refractivity contribution >= 4 is 12.1 Å². The highest BCUT2D eigenvalue weighted by Crippen LogP contribution is 2.11. The molecule has 1 aliphatic rings. The van der Waals surface area contributed by atoms with Gasteiger partial charge in [0, 0.05) is 0 Å². The lowest BCUT2D eigenvalue weighted by atomic mass is 10.1. The molecule has 0 bridgehead atoms. The maximum atomic E-state index is 11.1. The summed E-state index contributed by atoms with van der Waals surface area (Å²) >= 11 is 0.